The van der Waals surface area contributed by atoms with Crippen LogP contribution < -0.4 is 5.32 Å². The van der Waals surface area contributed by atoms with Gasteiger partial charge in [0.2, 0.25) is 0 Å². The Balaban J connectivity index is 1.68. The summed E-state index contributed by atoms with van der Waals surface area (Å²) < 4.78 is 54.6. The fourth-order valence-electron chi connectivity index (χ4n) is 4.36. The van der Waals surface area contributed by atoms with Gasteiger partial charge in [0.05, 0.1) is 22.4 Å². The second kappa shape index (κ2) is 11.8. The van der Waals surface area contributed by atoms with Crippen LogP contribution >= 0.6 is 0 Å². The summed E-state index contributed by atoms with van der Waals surface area (Å²) >= 11 is 0. The van der Waals surface area contributed by atoms with Crippen molar-refractivity contribution in [3.8, 4) is 11.3 Å². The number of carboxylic acids is 1. The normalized spacial score (nSPS) is 13.2. The van der Waals surface area contributed by atoms with Gasteiger partial charge in [-0.1, -0.05) is 48.9 Å². The van der Waals surface area contributed by atoms with Crippen molar-refractivity contribution in [1.82, 2.24) is 15.3 Å². The first-order valence-corrected chi connectivity index (χ1v) is 12.6. The minimum absolute atomic E-state index is 0.000375. The zero-order valence-electron chi connectivity index (χ0n) is 21.8. The molecule has 0 aliphatic heterocycles. The van der Waals surface area contributed by atoms with E-state index in [1.807, 2.05) is 43.4 Å². The number of hydrogen-bond acceptors (Lipinski definition) is 4. The molecule has 4 aromatic rings. The number of benzene rings is 3. The third-order valence-corrected chi connectivity index (χ3v) is 6.53. The third kappa shape index (κ3) is 6.99. The largest absolute Gasteiger partial charge is 0.481 e. The van der Waals surface area contributed by atoms with E-state index in [4.69, 9.17) is 15.1 Å². The maximum Gasteiger partial charge on any atom is 0.412 e. The molecule has 10 heteroatoms. The van der Waals surface area contributed by atoms with Gasteiger partial charge in [-0.2, -0.15) is 13.2 Å². The molecule has 2 atom stereocenters. The van der Waals surface area contributed by atoms with Crippen molar-refractivity contribution in [2.45, 2.75) is 45.3 Å². The first kappa shape index (κ1) is 28.7. The van der Waals surface area contributed by atoms with Gasteiger partial charge >= 0.3 is 12.1 Å². The second-order valence-electron chi connectivity index (χ2n) is 9.83. The van der Waals surface area contributed by atoms with E-state index in [1.54, 1.807) is 0 Å². The predicted molar refractivity (Wildman–Crippen MR) is 142 cm³/mol. The lowest BCUT2D eigenvalue weighted by Gasteiger charge is -2.22. The Kier molecular flexibility index (Phi) is 8.46. The molecule has 2 N–H and O–H groups in total. The molecule has 0 spiro atoms. The van der Waals surface area contributed by atoms with Crippen molar-refractivity contribution in [1.29, 1.82) is 0 Å². The molecule has 0 aliphatic carbocycles. The van der Waals surface area contributed by atoms with Gasteiger partial charge in [-0.25, -0.2) is 14.4 Å². The molecule has 4 rings (SSSR count). The van der Waals surface area contributed by atoms with Crippen LogP contribution in [0.4, 0.5) is 17.6 Å². The van der Waals surface area contributed by atoms with E-state index in [9.17, 15) is 27.2 Å². The molecule has 0 aliphatic rings. The summed E-state index contributed by atoms with van der Waals surface area (Å²) in [6.07, 6.45) is -3.87. The number of halogens is 4. The van der Waals surface area contributed by atoms with Gasteiger partial charge in [-0.15, -0.1) is 0 Å². The molecule has 0 radical (unpaired) electrons. The molecule has 1 heterocycles. The molecule has 0 bridgehead atoms. The Hall–Kier alpha value is -4.34. The molecular weight excluding hydrogens is 526 g/mol. The minimum Gasteiger partial charge on any atom is -0.481 e. The Morgan fingerprint density at radius 3 is 2.25 bits per heavy atom. The third-order valence-electron chi connectivity index (χ3n) is 6.53. The molecule has 0 saturated heterocycles. The fourth-order valence-corrected chi connectivity index (χ4v) is 4.36. The molecule has 3 aromatic carbocycles. The van der Waals surface area contributed by atoms with E-state index in [1.165, 1.54) is 18.2 Å². The van der Waals surface area contributed by atoms with Crippen LogP contribution in [0.15, 0.2) is 66.7 Å². The van der Waals surface area contributed by atoms with Crippen LogP contribution in [0.1, 0.15) is 53.0 Å². The van der Waals surface area contributed by atoms with E-state index in [2.05, 4.69) is 0 Å². The Bertz CT molecular complexity index is 1520. The zero-order valence-corrected chi connectivity index (χ0v) is 21.8. The summed E-state index contributed by atoms with van der Waals surface area (Å²) in [6.45, 7) is 3.78. The number of carboxylic acid groups (broad SMARTS) is 1. The molecule has 208 valence electrons. The number of amides is 1. The van der Waals surface area contributed by atoms with Crippen LogP contribution in [0, 0.1) is 18.7 Å². The maximum absolute atomic E-state index is 13.8. The highest BCUT2D eigenvalue weighted by molar-refractivity contribution is 5.97. The number of aliphatic carboxylic acids is 1. The monoisotopic (exact) mass is 553 g/mol. The van der Waals surface area contributed by atoms with Crippen LogP contribution in [-0.4, -0.2) is 33.1 Å². The number of nitrogens with one attached hydrogen (secondary N) is 1. The average molecular weight is 554 g/mol. The highest BCUT2D eigenvalue weighted by Crippen LogP contribution is 2.33. The summed E-state index contributed by atoms with van der Waals surface area (Å²) in [5.41, 5.74) is 3.48. The zero-order chi connectivity index (χ0) is 29.0. The van der Waals surface area contributed by atoms with Crippen molar-refractivity contribution in [3.05, 3.63) is 94.9 Å². The van der Waals surface area contributed by atoms with E-state index in [0.29, 0.717) is 35.3 Å². The number of carbonyl (C=O) groups excluding carboxylic acids is 1. The van der Waals surface area contributed by atoms with Crippen molar-refractivity contribution in [3.63, 3.8) is 0 Å². The lowest BCUT2D eigenvalue weighted by Crippen LogP contribution is -2.38. The van der Waals surface area contributed by atoms with Crippen LogP contribution in [-0.2, 0) is 11.2 Å². The lowest BCUT2D eigenvalue weighted by atomic mass is 9.98. The smallest absolute Gasteiger partial charge is 0.412 e. The summed E-state index contributed by atoms with van der Waals surface area (Å²) in [7, 11) is 0. The van der Waals surface area contributed by atoms with Gasteiger partial charge in [0.15, 0.2) is 6.04 Å². The number of aromatic nitrogens is 2. The SMILES string of the molecule is Cc1ccc(-c2nc3ccc(C(=O)N[C@H](c4ccc(F)cc4)C(F)(F)F)cc3nc2CCC(C)CC(=O)O)cc1. The van der Waals surface area contributed by atoms with Crippen molar-refractivity contribution in [2.75, 3.05) is 0 Å². The Morgan fingerprint density at radius 1 is 0.950 bits per heavy atom. The molecule has 1 amide bonds. The summed E-state index contributed by atoms with van der Waals surface area (Å²) in [5.74, 6) is -2.69. The average Bonchev–Trinajstić information content (AvgIpc) is 2.89. The van der Waals surface area contributed by atoms with Crippen LogP contribution in [0.5, 0.6) is 0 Å². The summed E-state index contributed by atoms with van der Waals surface area (Å²) in [5, 5.41) is 11.1. The first-order chi connectivity index (χ1) is 18.9. The van der Waals surface area contributed by atoms with E-state index < -0.39 is 29.9 Å². The summed E-state index contributed by atoms with van der Waals surface area (Å²) in [4.78, 5) is 33.5. The fraction of sp³-hybridized carbons (Fsp3) is 0.267. The van der Waals surface area contributed by atoms with Gasteiger partial charge in [0, 0.05) is 17.5 Å². The molecular formula is C30H27F4N3O3. The quantitative estimate of drug-likeness (QED) is 0.222. The number of hydrogen-bond donors (Lipinski definition) is 2. The van der Waals surface area contributed by atoms with Crippen molar-refractivity contribution < 1.29 is 32.3 Å². The number of fused-ring (bicyclic) bond motifs is 1. The number of rotatable bonds is 9. The Morgan fingerprint density at radius 2 is 1.62 bits per heavy atom. The van der Waals surface area contributed by atoms with Gasteiger partial charge in [-0.3, -0.25) is 9.59 Å². The van der Waals surface area contributed by atoms with Gasteiger partial charge in [0.1, 0.15) is 5.82 Å². The van der Waals surface area contributed by atoms with E-state index in [0.717, 1.165) is 35.4 Å². The Labute approximate surface area is 228 Å². The van der Waals surface area contributed by atoms with Gasteiger partial charge < -0.3 is 10.4 Å². The van der Waals surface area contributed by atoms with Crippen LogP contribution in [0.25, 0.3) is 22.3 Å². The predicted octanol–water partition coefficient (Wildman–Crippen LogP) is 6.82. The molecule has 1 aromatic heterocycles. The minimum atomic E-state index is -4.81. The van der Waals surface area contributed by atoms with Crippen molar-refractivity contribution in [2.24, 2.45) is 5.92 Å². The molecule has 40 heavy (non-hydrogen) atoms. The molecule has 1 unspecified atom stereocenters. The van der Waals surface area contributed by atoms with Gasteiger partial charge in [0.25, 0.3) is 5.91 Å². The van der Waals surface area contributed by atoms with Gasteiger partial charge in [-0.05, 0) is 61.6 Å². The highest BCUT2D eigenvalue weighted by atomic mass is 19.4. The topological polar surface area (TPSA) is 92.2 Å². The van der Waals surface area contributed by atoms with Crippen molar-refractivity contribution >= 4 is 22.9 Å². The number of carbonyl (C=O) groups is 2. The van der Waals surface area contributed by atoms with E-state index >= 15 is 0 Å². The number of aryl methyl sites for hydroxylation is 2. The molecule has 0 saturated carbocycles. The molecule has 6 nitrogen and oxygen atoms in total. The molecule has 0 fully saturated rings. The highest BCUT2D eigenvalue weighted by Gasteiger charge is 2.42. The maximum atomic E-state index is 13.8. The van der Waals surface area contributed by atoms with Crippen LogP contribution in [0.2, 0.25) is 0 Å². The second-order valence-corrected chi connectivity index (χ2v) is 9.83. The number of nitrogens with zero attached hydrogens (tertiary/aromatic N) is 2. The lowest BCUT2D eigenvalue weighted by molar-refractivity contribution is -0.155. The summed E-state index contributed by atoms with van der Waals surface area (Å²) in [6, 6.07) is 13.4. The number of alkyl halides is 3. The van der Waals surface area contributed by atoms with E-state index in [-0.39, 0.29) is 23.5 Å². The first-order valence-electron chi connectivity index (χ1n) is 12.6. The standard InChI is InChI=1S/C30H27F4N3O3/c1-17-3-6-19(7-4-17)27-24(13-5-18(2)15-26(38)39)35-25-16-21(10-14-23(25)36-27)29(40)37-28(30(32,33)34)20-8-11-22(31)12-9-20/h3-4,6-12,14,16,18,28H,5,13,15H2,1-2H3,(H,37,40)(H,38,39)/t18?,28-/m1/s1. The van der Waals surface area contributed by atoms with Crippen LogP contribution in [0.3, 0.4) is 0 Å².